The maximum absolute atomic E-state index is 12.2. The van der Waals surface area contributed by atoms with Crippen LogP contribution in [0.25, 0.3) is 0 Å². The van der Waals surface area contributed by atoms with Crippen molar-refractivity contribution in [2.24, 2.45) is 0 Å². The zero-order valence-corrected chi connectivity index (χ0v) is 14.4. The molecule has 3 amide bonds. The monoisotopic (exact) mass is 345 g/mol. The number of carbonyl (C=O) groups excluding carboxylic acids is 2. The van der Waals surface area contributed by atoms with Crippen LogP contribution in [0.1, 0.15) is 15.2 Å². The van der Waals surface area contributed by atoms with Crippen LogP contribution in [0.2, 0.25) is 0 Å². The normalized spacial score (nSPS) is 13.8. The summed E-state index contributed by atoms with van der Waals surface area (Å²) < 4.78 is 0. The molecule has 1 aromatic carbocycles. The van der Waals surface area contributed by atoms with Gasteiger partial charge >= 0.3 is 6.03 Å². The van der Waals surface area contributed by atoms with E-state index in [1.54, 1.807) is 4.90 Å². The lowest BCUT2D eigenvalue weighted by Crippen LogP contribution is -2.27. The van der Waals surface area contributed by atoms with Gasteiger partial charge in [0.2, 0.25) is 0 Å². The van der Waals surface area contributed by atoms with Crippen molar-refractivity contribution in [3.63, 3.8) is 0 Å². The van der Waals surface area contributed by atoms with Crippen LogP contribution in [0.4, 0.5) is 15.6 Å². The van der Waals surface area contributed by atoms with Gasteiger partial charge in [-0.1, -0.05) is 23.5 Å². The van der Waals surface area contributed by atoms with E-state index in [1.807, 2.05) is 43.3 Å². The van der Waals surface area contributed by atoms with Crippen molar-refractivity contribution < 1.29 is 9.59 Å². The molecule has 3 rings (SSSR count). The minimum atomic E-state index is -0.185. The van der Waals surface area contributed by atoms with Crippen molar-refractivity contribution >= 4 is 34.1 Å². The van der Waals surface area contributed by atoms with Gasteiger partial charge < -0.3 is 15.5 Å². The number of aromatic nitrogens is 1. The van der Waals surface area contributed by atoms with Crippen molar-refractivity contribution in [3.05, 3.63) is 40.9 Å². The first-order valence-electron chi connectivity index (χ1n) is 7.60. The molecule has 8 heteroatoms. The smallest absolute Gasteiger partial charge is 0.323 e. The van der Waals surface area contributed by atoms with Gasteiger partial charge in [0.25, 0.3) is 5.91 Å². The maximum atomic E-state index is 12.2. The summed E-state index contributed by atoms with van der Waals surface area (Å²) in [6.45, 7) is 1.62. The van der Waals surface area contributed by atoms with Crippen LogP contribution in [0.5, 0.6) is 0 Å². The quantitative estimate of drug-likeness (QED) is 0.864. The number of hydrogen-bond donors (Lipinski definition) is 2. The molecule has 0 aliphatic carbocycles. The summed E-state index contributed by atoms with van der Waals surface area (Å²) in [6.07, 6.45) is 1.51. The Bertz CT molecular complexity index is 741. The van der Waals surface area contributed by atoms with Crippen LogP contribution >= 0.6 is 11.3 Å². The average Bonchev–Trinajstić information content (AvgIpc) is 3.21. The fourth-order valence-electron chi connectivity index (χ4n) is 2.33. The molecule has 1 saturated heterocycles. The third-order valence-corrected chi connectivity index (χ3v) is 4.73. The zero-order chi connectivity index (χ0) is 17.1. The third-order valence-electron chi connectivity index (χ3n) is 3.71. The van der Waals surface area contributed by atoms with Crippen LogP contribution in [-0.4, -0.2) is 44.1 Å². The largest absolute Gasteiger partial charge is 0.378 e. The Morgan fingerprint density at radius 1 is 1.38 bits per heavy atom. The molecule has 1 fully saturated rings. The van der Waals surface area contributed by atoms with Gasteiger partial charge in [-0.3, -0.25) is 9.69 Å². The van der Waals surface area contributed by atoms with Crippen molar-refractivity contribution in [1.82, 2.24) is 15.6 Å². The highest BCUT2D eigenvalue weighted by atomic mass is 32.1. The van der Waals surface area contributed by atoms with Gasteiger partial charge in [0.15, 0.2) is 5.13 Å². The fraction of sp³-hybridized carbons (Fsp3) is 0.312. The summed E-state index contributed by atoms with van der Waals surface area (Å²) in [4.78, 5) is 32.1. The second-order valence-electron chi connectivity index (χ2n) is 5.63. The first kappa shape index (κ1) is 16.3. The van der Waals surface area contributed by atoms with Crippen molar-refractivity contribution in [3.8, 4) is 0 Å². The van der Waals surface area contributed by atoms with Gasteiger partial charge in [-0.15, -0.1) is 0 Å². The fourth-order valence-corrected chi connectivity index (χ4v) is 3.19. The molecule has 7 nitrogen and oxygen atoms in total. The highest BCUT2D eigenvalue weighted by molar-refractivity contribution is 7.17. The Balaban J connectivity index is 1.59. The minimum absolute atomic E-state index is 0.169. The molecule has 1 aliphatic heterocycles. The molecule has 1 aromatic heterocycles. The van der Waals surface area contributed by atoms with Gasteiger partial charge in [0.1, 0.15) is 4.88 Å². The van der Waals surface area contributed by atoms with Gasteiger partial charge in [-0.05, 0) is 17.7 Å². The lowest BCUT2D eigenvalue weighted by molar-refractivity contribution is 0.0954. The number of carbonyl (C=O) groups is 2. The van der Waals surface area contributed by atoms with Crippen molar-refractivity contribution in [2.75, 3.05) is 37.0 Å². The van der Waals surface area contributed by atoms with E-state index in [2.05, 4.69) is 15.6 Å². The number of anilines is 2. The number of hydrogen-bond acceptors (Lipinski definition) is 5. The first-order valence-corrected chi connectivity index (χ1v) is 8.42. The van der Waals surface area contributed by atoms with Gasteiger partial charge in [-0.25, -0.2) is 9.78 Å². The second kappa shape index (κ2) is 6.88. The van der Waals surface area contributed by atoms with Gasteiger partial charge in [-0.2, -0.15) is 0 Å². The lowest BCUT2D eigenvalue weighted by atomic mass is 10.2. The summed E-state index contributed by atoms with van der Waals surface area (Å²) >= 11 is 1.22. The Labute approximate surface area is 144 Å². The molecule has 0 spiro atoms. The number of rotatable bonds is 5. The van der Waals surface area contributed by atoms with E-state index in [0.29, 0.717) is 29.6 Å². The molecule has 2 heterocycles. The molecular formula is C16H19N5O2S. The summed E-state index contributed by atoms with van der Waals surface area (Å²) in [6, 6.07) is 7.83. The average molecular weight is 345 g/mol. The molecule has 2 aromatic rings. The number of benzene rings is 1. The number of amides is 3. The SMILES string of the molecule is CN(C)c1ccc(CNC(=O)c2cnc(N3CCNC3=O)s2)cc1. The van der Waals surface area contributed by atoms with Gasteiger partial charge in [0, 0.05) is 39.4 Å². The summed E-state index contributed by atoms with van der Waals surface area (Å²) in [7, 11) is 3.97. The maximum Gasteiger partial charge on any atom is 0.323 e. The standard InChI is InChI=1S/C16H19N5O2S/c1-20(2)12-5-3-11(4-6-12)9-18-14(22)13-10-19-16(24-13)21-8-7-17-15(21)23/h3-6,10H,7-9H2,1-2H3,(H,17,23)(H,18,22). The number of nitrogens with one attached hydrogen (secondary N) is 2. The molecule has 0 saturated carbocycles. The van der Waals surface area contributed by atoms with Crippen molar-refractivity contribution in [2.45, 2.75) is 6.54 Å². The van der Waals surface area contributed by atoms with Crippen molar-refractivity contribution in [1.29, 1.82) is 0 Å². The minimum Gasteiger partial charge on any atom is -0.378 e. The van der Waals surface area contributed by atoms with Crippen LogP contribution in [0, 0.1) is 0 Å². The van der Waals surface area contributed by atoms with Gasteiger partial charge in [0.05, 0.1) is 6.20 Å². The molecule has 2 N–H and O–H groups in total. The molecule has 126 valence electrons. The molecule has 0 atom stereocenters. The van der Waals surface area contributed by atoms with E-state index in [0.717, 1.165) is 11.3 Å². The molecule has 1 aliphatic rings. The van der Waals surface area contributed by atoms with Crippen LogP contribution in [0.15, 0.2) is 30.5 Å². The highest BCUT2D eigenvalue weighted by Gasteiger charge is 2.24. The van der Waals surface area contributed by atoms with E-state index < -0.39 is 0 Å². The van der Waals surface area contributed by atoms with E-state index >= 15 is 0 Å². The lowest BCUT2D eigenvalue weighted by Gasteiger charge is -2.12. The predicted molar refractivity (Wildman–Crippen MR) is 94.8 cm³/mol. The van der Waals surface area contributed by atoms with E-state index in [-0.39, 0.29) is 11.9 Å². The van der Waals surface area contributed by atoms with E-state index in [4.69, 9.17) is 0 Å². The summed E-state index contributed by atoms with van der Waals surface area (Å²) in [5.74, 6) is -0.185. The number of thiazole rings is 1. The molecule has 0 bridgehead atoms. The Kier molecular flexibility index (Phi) is 4.66. The van der Waals surface area contributed by atoms with Crippen LogP contribution < -0.4 is 20.4 Å². The zero-order valence-electron chi connectivity index (χ0n) is 13.6. The Morgan fingerprint density at radius 3 is 2.75 bits per heavy atom. The van der Waals surface area contributed by atoms with E-state index in [9.17, 15) is 9.59 Å². The Hall–Kier alpha value is -2.61. The summed E-state index contributed by atoms with van der Waals surface area (Å²) in [5, 5.41) is 6.14. The number of nitrogens with zero attached hydrogens (tertiary/aromatic N) is 3. The third kappa shape index (κ3) is 3.48. The van der Waals surface area contributed by atoms with E-state index in [1.165, 1.54) is 17.5 Å². The molecule has 24 heavy (non-hydrogen) atoms. The molecule has 0 radical (unpaired) electrons. The molecule has 0 unspecified atom stereocenters. The first-order chi connectivity index (χ1) is 11.5. The summed E-state index contributed by atoms with van der Waals surface area (Å²) in [5.41, 5.74) is 2.14. The second-order valence-corrected chi connectivity index (χ2v) is 6.64. The topological polar surface area (TPSA) is 77.6 Å². The van der Waals surface area contributed by atoms with Crippen LogP contribution in [-0.2, 0) is 6.54 Å². The predicted octanol–water partition coefficient (Wildman–Crippen LogP) is 1.67. The van der Waals surface area contributed by atoms with Crippen LogP contribution in [0.3, 0.4) is 0 Å². The Morgan fingerprint density at radius 2 is 2.12 bits per heavy atom. The number of urea groups is 1. The molecular weight excluding hydrogens is 326 g/mol. The highest BCUT2D eigenvalue weighted by Crippen LogP contribution is 2.23.